The number of hydrogen-bond acceptors (Lipinski definition) is 3. The van der Waals surface area contributed by atoms with Gasteiger partial charge in [0.1, 0.15) is 6.04 Å². The number of rotatable bonds is 4. The van der Waals surface area contributed by atoms with Crippen molar-refractivity contribution in [3.63, 3.8) is 0 Å². The summed E-state index contributed by atoms with van der Waals surface area (Å²) in [5.41, 5.74) is 6.97. The molecular formula is C19H28ClN3O2. The highest BCUT2D eigenvalue weighted by Crippen LogP contribution is 2.24. The van der Waals surface area contributed by atoms with Gasteiger partial charge in [-0.05, 0) is 37.2 Å². The smallest absolute Gasteiger partial charge is 0.244 e. The summed E-state index contributed by atoms with van der Waals surface area (Å²) < 4.78 is 0. The lowest BCUT2D eigenvalue weighted by Crippen LogP contribution is -2.44. The summed E-state index contributed by atoms with van der Waals surface area (Å²) in [5, 5.41) is 0. The Morgan fingerprint density at radius 3 is 2.20 bits per heavy atom. The molecule has 2 saturated heterocycles. The first-order chi connectivity index (χ1) is 11.6. The van der Waals surface area contributed by atoms with Crippen LogP contribution in [-0.2, 0) is 9.59 Å². The molecule has 0 aromatic heterocycles. The Balaban J connectivity index is 0.00000225. The molecule has 1 aromatic rings. The second-order valence-corrected chi connectivity index (χ2v) is 6.95. The number of piperidine rings is 1. The quantitative estimate of drug-likeness (QED) is 0.890. The third kappa shape index (κ3) is 4.95. The van der Waals surface area contributed by atoms with Crippen molar-refractivity contribution < 1.29 is 9.59 Å². The normalized spacial score (nSPS) is 19.4. The lowest BCUT2D eigenvalue weighted by molar-refractivity contribution is -0.134. The zero-order valence-electron chi connectivity index (χ0n) is 14.6. The van der Waals surface area contributed by atoms with E-state index in [2.05, 4.69) is 0 Å². The van der Waals surface area contributed by atoms with Crippen molar-refractivity contribution in [3.05, 3.63) is 35.9 Å². The molecule has 1 aromatic carbocycles. The number of likely N-dealkylation sites (tertiary alicyclic amines) is 2. The zero-order chi connectivity index (χ0) is 16.9. The Morgan fingerprint density at radius 1 is 1.00 bits per heavy atom. The Bertz CT molecular complexity index is 567. The van der Waals surface area contributed by atoms with Crippen LogP contribution in [0.15, 0.2) is 30.3 Å². The van der Waals surface area contributed by atoms with E-state index in [0.717, 1.165) is 44.3 Å². The molecule has 25 heavy (non-hydrogen) atoms. The Hall–Kier alpha value is -1.59. The molecule has 0 radical (unpaired) electrons. The van der Waals surface area contributed by atoms with Gasteiger partial charge in [0.05, 0.1) is 0 Å². The third-order valence-corrected chi connectivity index (χ3v) is 5.27. The van der Waals surface area contributed by atoms with Crippen LogP contribution >= 0.6 is 12.4 Å². The highest BCUT2D eigenvalue weighted by atomic mass is 35.5. The predicted molar refractivity (Wildman–Crippen MR) is 100 cm³/mol. The molecule has 1 atom stereocenters. The first-order valence-corrected chi connectivity index (χ1v) is 9.02. The summed E-state index contributed by atoms with van der Waals surface area (Å²) in [7, 11) is 0. The van der Waals surface area contributed by atoms with Gasteiger partial charge >= 0.3 is 0 Å². The molecular weight excluding hydrogens is 338 g/mol. The van der Waals surface area contributed by atoms with E-state index in [4.69, 9.17) is 5.73 Å². The van der Waals surface area contributed by atoms with E-state index in [0.29, 0.717) is 31.3 Å². The van der Waals surface area contributed by atoms with Crippen molar-refractivity contribution in [2.45, 2.75) is 38.1 Å². The number of nitrogens with zero attached hydrogens (tertiary/aromatic N) is 2. The lowest BCUT2D eigenvalue weighted by atomic mass is 9.92. The number of benzene rings is 1. The molecule has 2 amide bonds. The highest BCUT2D eigenvalue weighted by Gasteiger charge is 2.29. The van der Waals surface area contributed by atoms with Crippen molar-refractivity contribution >= 4 is 24.2 Å². The summed E-state index contributed by atoms with van der Waals surface area (Å²) in [4.78, 5) is 28.7. The molecule has 138 valence electrons. The Kier molecular flexibility index (Phi) is 7.26. The van der Waals surface area contributed by atoms with Crippen LogP contribution in [0.25, 0.3) is 0 Å². The van der Waals surface area contributed by atoms with Crippen molar-refractivity contribution in [2.75, 3.05) is 26.2 Å². The zero-order valence-corrected chi connectivity index (χ0v) is 15.4. The minimum Gasteiger partial charge on any atom is -0.343 e. The monoisotopic (exact) mass is 365 g/mol. The predicted octanol–water partition coefficient (Wildman–Crippen LogP) is 2.36. The lowest BCUT2D eigenvalue weighted by Gasteiger charge is -2.34. The summed E-state index contributed by atoms with van der Waals surface area (Å²) in [6, 6.07) is 8.92. The van der Waals surface area contributed by atoms with Gasteiger partial charge in [-0.1, -0.05) is 30.3 Å². The van der Waals surface area contributed by atoms with Gasteiger partial charge in [-0.3, -0.25) is 9.59 Å². The molecule has 0 bridgehead atoms. The number of halogens is 1. The molecule has 5 nitrogen and oxygen atoms in total. The van der Waals surface area contributed by atoms with Gasteiger partial charge in [-0.15, -0.1) is 12.4 Å². The minimum absolute atomic E-state index is 0. The van der Waals surface area contributed by atoms with Gasteiger partial charge in [-0.2, -0.15) is 0 Å². The van der Waals surface area contributed by atoms with Crippen LogP contribution in [0.3, 0.4) is 0 Å². The largest absolute Gasteiger partial charge is 0.343 e. The van der Waals surface area contributed by atoms with Crippen molar-refractivity contribution in [1.29, 1.82) is 0 Å². The first kappa shape index (κ1) is 19.7. The van der Waals surface area contributed by atoms with Crippen molar-refractivity contribution in [1.82, 2.24) is 9.80 Å². The Labute approximate surface area is 155 Å². The van der Waals surface area contributed by atoms with Crippen LogP contribution in [0.5, 0.6) is 0 Å². The van der Waals surface area contributed by atoms with Gasteiger partial charge in [0.15, 0.2) is 0 Å². The number of amides is 2. The molecule has 2 aliphatic heterocycles. The van der Waals surface area contributed by atoms with Gasteiger partial charge in [0.2, 0.25) is 11.8 Å². The van der Waals surface area contributed by atoms with E-state index in [1.807, 2.05) is 40.1 Å². The minimum atomic E-state index is -0.589. The van der Waals surface area contributed by atoms with Crippen LogP contribution in [0.4, 0.5) is 0 Å². The summed E-state index contributed by atoms with van der Waals surface area (Å²) in [5.74, 6) is 0.680. The first-order valence-electron chi connectivity index (χ1n) is 9.02. The molecule has 2 fully saturated rings. The van der Waals surface area contributed by atoms with E-state index in [9.17, 15) is 9.59 Å². The third-order valence-electron chi connectivity index (χ3n) is 5.27. The number of nitrogens with two attached hydrogens (primary N) is 1. The van der Waals surface area contributed by atoms with Crippen LogP contribution in [0.2, 0.25) is 0 Å². The highest BCUT2D eigenvalue weighted by molar-refractivity contribution is 5.85. The second-order valence-electron chi connectivity index (χ2n) is 6.95. The fraction of sp³-hybridized carbons (Fsp3) is 0.579. The van der Waals surface area contributed by atoms with E-state index in [1.54, 1.807) is 0 Å². The molecule has 2 heterocycles. The van der Waals surface area contributed by atoms with E-state index in [-0.39, 0.29) is 18.3 Å². The fourth-order valence-corrected chi connectivity index (χ4v) is 3.70. The summed E-state index contributed by atoms with van der Waals surface area (Å²) >= 11 is 0. The maximum Gasteiger partial charge on any atom is 0.244 e. The number of hydrogen-bond donors (Lipinski definition) is 1. The topological polar surface area (TPSA) is 66.6 Å². The van der Waals surface area contributed by atoms with Crippen LogP contribution < -0.4 is 5.73 Å². The molecule has 3 rings (SSSR count). The average Bonchev–Trinajstić information content (AvgIpc) is 3.17. The second kappa shape index (κ2) is 9.20. The molecule has 0 aliphatic carbocycles. The molecule has 1 unspecified atom stereocenters. The average molecular weight is 366 g/mol. The van der Waals surface area contributed by atoms with Crippen LogP contribution in [-0.4, -0.2) is 47.8 Å². The van der Waals surface area contributed by atoms with Gasteiger partial charge in [0, 0.05) is 32.6 Å². The van der Waals surface area contributed by atoms with Crippen molar-refractivity contribution in [3.8, 4) is 0 Å². The van der Waals surface area contributed by atoms with E-state index < -0.39 is 6.04 Å². The molecule has 0 saturated carbocycles. The van der Waals surface area contributed by atoms with Crippen LogP contribution in [0, 0.1) is 5.92 Å². The molecule has 2 aliphatic rings. The standard InChI is InChI=1S/C19H27N3O2.ClH/c20-18(16-6-2-1-3-7-16)19(24)22-12-8-15(9-13-22)14-17(23)21-10-4-5-11-21;/h1-3,6-7,15,18H,4-5,8-14,20H2;1H. The van der Waals surface area contributed by atoms with Crippen molar-refractivity contribution in [2.24, 2.45) is 11.7 Å². The summed E-state index contributed by atoms with van der Waals surface area (Å²) in [6.07, 6.45) is 4.69. The molecule has 0 spiro atoms. The van der Waals surface area contributed by atoms with Gasteiger partial charge in [-0.25, -0.2) is 0 Å². The maximum absolute atomic E-state index is 12.6. The van der Waals surface area contributed by atoms with E-state index >= 15 is 0 Å². The number of carbonyl (C=O) groups excluding carboxylic acids is 2. The van der Waals surface area contributed by atoms with Crippen LogP contribution in [0.1, 0.15) is 43.7 Å². The van der Waals surface area contributed by atoms with E-state index in [1.165, 1.54) is 0 Å². The molecule has 2 N–H and O–H groups in total. The van der Waals surface area contributed by atoms with Gasteiger partial charge < -0.3 is 15.5 Å². The van der Waals surface area contributed by atoms with Gasteiger partial charge in [0.25, 0.3) is 0 Å². The molecule has 6 heteroatoms. The number of carbonyl (C=O) groups is 2. The summed E-state index contributed by atoms with van der Waals surface area (Å²) in [6.45, 7) is 3.25. The maximum atomic E-state index is 12.6. The SMILES string of the molecule is Cl.NC(C(=O)N1CCC(CC(=O)N2CCCC2)CC1)c1ccccc1. The Morgan fingerprint density at radius 2 is 1.60 bits per heavy atom. The fourth-order valence-electron chi connectivity index (χ4n) is 3.70.